The van der Waals surface area contributed by atoms with Crippen molar-refractivity contribution in [2.75, 3.05) is 0 Å². The number of rotatable bonds is 13. The van der Waals surface area contributed by atoms with Gasteiger partial charge >= 0.3 is 0 Å². The molecule has 0 spiro atoms. The Bertz CT molecular complexity index is 1300. The summed E-state index contributed by atoms with van der Waals surface area (Å²) < 4.78 is 29.6. The van der Waals surface area contributed by atoms with Crippen molar-refractivity contribution < 1.29 is 13.9 Å². The number of hydrogen-bond donors (Lipinski definition) is 3. The Hall–Kier alpha value is -2.22. The van der Waals surface area contributed by atoms with Gasteiger partial charge in [0.15, 0.2) is 0 Å². The number of pyridine rings is 2. The van der Waals surface area contributed by atoms with Crippen molar-refractivity contribution in [1.29, 1.82) is 0 Å². The van der Waals surface area contributed by atoms with E-state index in [9.17, 15) is 13.9 Å². The summed E-state index contributed by atoms with van der Waals surface area (Å²) in [5.74, 6) is 0.0270. The lowest BCUT2D eigenvalue weighted by Crippen LogP contribution is -2.46. The minimum Gasteiger partial charge on any atom is -0.391 e. The molecule has 2 aliphatic carbocycles. The number of aliphatic hydroxyl groups is 1. The molecule has 0 amide bonds. The van der Waals surface area contributed by atoms with Crippen LogP contribution >= 0.6 is 0 Å². The molecule has 2 unspecified atom stereocenters. The molecule has 2 aromatic heterocycles. The molecule has 0 saturated heterocycles. The Morgan fingerprint density at radius 1 is 0.844 bits per heavy atom. The highest BCUT2D eigenvalue weighted by Gasteiger charge is 2.30. The average molecular weight is 625 g/mol. The third kappa shape index (κ3) is 9.89. The van der Waals surface area contributed by atoms with E-state index in [-0.39, 0.29) is 42.1 Å². The molecule has 2 aromatic rings. The number of aliphatic hydroxyl groups excluding tert-OH is 1. The summed E-state index contributed by atoms with van der Waals surface area (Å²) in [6.45, 7) is 18.1. The van der Waals surface area contributed by atoms with Crippen LogP contribution in [0.5, 0.6) is 0 Å². The summed E-state index contributed by atoms with van der Waals surface area (Å²) in [4.78, 5) is 9.44. The molecule has 250 valence electrons. The molecular formula is C38H58F2N4O. The van der Waals surface area contributed by atoms with Crippen LogP contribution in [0.3, 0.4) is 0 Å². The molecule has 45 heavy (non-hydrogen) atoms. The van der Waals surface area contributed by atoms with Crippen molar-refractivity contribution in [1.82, 2.24) is 20.6 Å². The number of aromatic nitrogens is 2. The standard InChI is InChI=1S/C38H58F2N4O/c1-24(2)36(42-23-34-30(40)10-12-32(44-34)28-15-19-38(7,8)20-16-28)35(45)21-25(3)26(4)41-22-33-29(39)9-11-31(43-33)27-13-17-37(5,6)18-14-27/h9-13,24-26,28,35-36,41-42,45H,14-23H2,1-8H3/t25?,26?,35-,36-/m1/s1. The molecule has 4 rings (SSSR count). The van der Waals surface area contributed by atoms with E-state index in [4.69, 9.17) is 4.98 Å². The molecular weight excluding hydrogens is 566 g/mol. The van der Waals surface area contributed by atoms with E-state index < -0.39 is 6.10 Å². The smallest absolute Gasteiger partial charge is 0.146 e. The molecule has 3 N–H and O–H groups in total. The molecule has 2 aliphatic rings. The van der Waals surface area contributed by atoms with Gasteiger partial charge in [0.1, 0.15) is 11.6 Å². The average Bonchev–Trinajstić information content (AvgIpc) is 2.97. The van der Waals surface area contributed by atoms with Crippen molar-refractivity contribution in [3.05, 3.63) is 64.8 Å². The molecule has 1 fully saturated rings. The maximum atomic E-state index is 14.8. The SMILES string of the molecule is CC(C[C@@H](O)[C@H](NCc1nc(C2CCC(C)(C)CC2)ccc1F)C(C)C)C(C)NCc1nc(C2=CCC(C)(C)CC2)ccc1F. The van der Waals surface area contributed by atoms with Crippen LogP contribution in [-0.2, 0) is 13.1 Å². The molecule has 0 aliphatic heterocycles. The lowest BCUT2D eigenvalue weighted by molar-refractivity contribution is 0.0763. The first kappa shape index (κ1) is 35.6. The van der Waals surface area contributed by atoms with E-state index in [1.807, 2.05) is 6.07 Å². The lowest BCUT2D eigenvalue weighted by Gasteiger charge is -2.34. The highest BCUT2D eigenvalue weighted by molar-refractivity contribution is 5.63. The van der Waals surface area contributed by atoms with Gasteiger partial charge < -0.3 is 15.7 Å². The Morgan fingerprint density at radius 2 is 1.47 bits per heavy atom. The van der Waals surface area contributed by atoms with Crippen LogP contribution in [0.2, 0.25) is 0 Å². The number of nitrogens with zero attached hydrogens (tertiary/aromatic N) is 2. The maximum Gasteiger partial charge on any atom is 0.146 e. The predicted octanol–water partition coefficient (Wildman–Crippen LogP) is 8.71. The highest BCUT2D eigenvalue weighted by atomic mass is 19.1. The Labute approximate surface area is 271 Å². The monoisotopic (exact) mass is 624 g/mol. The summed E-state index contributed by atoms with van der Waals surface area (Å²) in [5, 5.41) is 18.2. The number of allylic oxidation sites excluding steroid dienone is 2. The summed E-state index contributed by atoms with van der Waals surface area (Å²) >= 11 is 0. The molecule has 0 bridgehead atoms. The van der Waals surface area contributed by atoms with Gasteiger partial charge in [-0.2, -0.15) is 0 Å². The lowest BCUT2D eigenvalue weighted by atomic mass is 9.72. The van der Waals surface area contributed by atoms with Crippen LogP contribution in [0.1, 0.15) is 135 Å². The van der Waals surface area contributed by atoms with Crippen molar-refractivity contribution in [2.45, 2.75) is 144 Å². The summed E-state index contributed by atoms with van der Waals surface area (Å²) in [6.07, 6.45) is 9.74. The van der Waals surface area contributed by atoms with Gasteiger partial charge in [-0.05, 0) is 111 Å². The molecule has 5 nitrogen and oxygen atoms in total. The Kier molecular flexibility index (Phi) is 12.0. The number of nitrogens with one attached hydrogen (secondary N) is 2. The molecule has 1 saturated carbocycles. The second kappa shape index (κ2) is 15.1. The molecule has 0 radical (unpaired) electrons. The fraction of sp³-hybridized carbons (Fsp3) is 0.684. The topological polar surface area (TPSA) is 70.1 Å². The van der Waals surface area contributed by atoms with E-state index in [2.05, 4.69) is 77.1 Å². The van der Waals surface area contributed by atoms with E-state index in [0.29, 0.717) is 41.1 Å². The number of halogens is 2. The van der Waals surface area contributed by atoms with Crippen molar-refractivity contribution >= 4 is 5.57 Å². The van der Waals surface area contributed by atoms with Gasteiger partial charge in [-0.15, -0.1) is 0 Å². The van der Waals surface area contributed by atoms with E-state index in [0.717, 1.165) is 56.3 Å². The first-order valence-electron chi connectivity index (χ1n) is 17.3. The van der Waals surface area contributed by atoms with Crippen LogP contribution < -0.4 is 10.6 Å². The number of hydrogen-bond acceptors (Lipinski definition) is 5. The third-order valence-electron chi connectivity index (χ3n) is 10.6. The predicted molar refractivity (Wildman–Crippen MR) is 181 cm³/mol. The van der Waals surface area contributed by atoms with E-state index >= 15 is 0 Å². The highest BCUT2D eigenvalue weighted by Crippen LogP contribution is 2.42. The Balaban J connectivity index is 1.31. The van der Waals surface area contributed by atoms with Gasteiger partial charge in [0.2, 0.25) is 0 Å². The second-order valence-electron chi connectivity index (χ2n) is 15.9. The van der Waals surface area contributed by atoms with Crippen LogP contribution in [0.15, 0.2) is 30.3 Å². The zero-order valence-corrected chi connectivity index (χ0v) is 29.0. The fourth-order valence-corrected chi connectivity index (χ4v) is 6.87. The van der Waals surface area contributed by atoms with Crippen LogP contribution in [0.4, 0.5) is 8.78 Å². The van der Waals surface area contributed by atoms with Crippen LogP contribution in [0, 0.1) is 34.3 Å². The van der Waals surface area contributed by atoms with Gasteiger partial charge in [-0.3, -0.25) is 4.98 Å². The maximum absolute atomic E-state index is 14.8. The second-order valence-corrected chi connectivity index (χ2v) is 15.9. The van der Waals surface area contributed by atoms with Crippen molar-refractivity contribution in [3.8, 4) is 0 Å². The quantitative estimate of drug-likeness (QED) is 0.208. The van der Waals surface area contributed by atoms with Crippen molar-refractivity contribution in [2.24, 2.45) is 22.7 Å². The molecule has 0 aromatic carbocycles. The zero-order valence-electron chi connectivity index (χ0n) is 29.0. The van der Waals surface area contributed by atoms with E-state index in [1.165, 1.54) is 11.6 Å². The van der Waals surface area contributed by atoms with E-state index in [1.54, 1.807) is 12.1 Å². The summed E-state index contributed by atoms with van der Waals surface area (Å²) in [7, 11) is 0. The van der Waals surface area contributed by atoms with Gasteiger partial charge in [0.25, 0.3) is 0 Å². The normalized spacial score (nSPS) is 21.3. The Morgan fingerprint density at radius 3 is 2.09 bits per heavy atom. The molecule has 7 heteroatoms. The minimum atomic E-state index is -0.628. The summed E-state index contributed by atoms with van der Waals surface area (Å²) in [6, 6.07) is 6.53. The summed E-state index contributed by atoms with van der Waals surface area (Å²) in [5.41, 5.74) is 4.56. The van der Waals surface area contributed by atoms with Gasteiger partial charge in [-0.25, -0.2) is 13.8 Å². The zero-order chi connectivity index (χ0) is 32.9. The fourth-order valence-electron chi connectivity index (χ4n) is 6.87. The largest absolute Gasteiger partial charge is 0.391 e. The van der Waals surface area contributed by atoms with Crippen LogP contribution in [-0.4, -0.2) is 33.3 Å². The minimum absolute atomic E-state index is 0.0308. The van der Waals surface area contributed by atoms with Crippen LogP contribution in [0.25, 0.3) is 5.57 Å². The van der Waals surface area contributed by atoms with Gasteiger partial charge in [-0.1, -0.05) is 54.5 Å². The van der Waals surface area contributed by atoms with Gasteiger partial charge in [0, 0.05) is 36.8 Å². The first-order chi connectivity index (χ1) is 21.1. The van der Waals surface area contributed by atoms with Crippen molar-refractivity contribution in [3.63, 3.8) is 0 Å². The third-order valence-corrected chi connectivity index (χ3v) is 10.6. The molecule has 2 heterocycles. The van der Waals surface area contributed by atoms with Gasteiger partial charge in [0.05, 0.1) is 23.2 Å². The first-order valence-corrected chi connectivity index (χ1v) is 17.3. The molecule has 4 atom stereocenters.